The Hall–Kier alpha value is -3.32. The minimum absolute atomic E-state index is 0.0770. The first-order valence-electron chi connectivity index (χ1n) is 11.0. The lowest BCUT2D eigenvalue weighted by Gasteiger charge is -2.33. The third kappa shape index (κ3) is 7.35. The summed E-state index contributed by atoms with van der Waals surface area (Å²) in [5.74, 6) is -0.910. The van der Waals surface area contributed by atoms with Crippen LogP contribution in [-0.2, 0) is 14.3 Å². The Balaban J connectivity index is 2.39. The standard InChI is InChI=1S/C26H32ClN3O4/c1-7-16-30(24(32)18(3)28-25(33)34-26(4,5)6)22(19-13-9-8-10-14-19)23(31)29-21-17(2)12-11-15-20(21)27/h7-15,18,22H,1,16H2,2-6H3,(H,28,33)(H,29,31). The van der Waals surface area contributed by atoms with Gasteiger partial charge in [-0.3, -0.25) is 9.59 Å². The summed E-state index contributed by atoms with van der Waals surface area (Å²) >= 11 is 6.32. The number of halogens is 1. The molecule has 34 heavy (non-hydrogen) atoms. The highest BCUT2D eigenvalue weighted by molar-refractivity contribution is 6.34. The summed E-state index contributed by atoms with van der Waals surface area (Å²) in [5.41, 5.74) is 1.15. The molecule has 0 bridgehead atoms. The van der Waals surface area contributed by atoms with Gasteiger partial charge >= 0.3 is 6.09 Å². The number of alkyl carbamates (subject to hydrolysis) is 1. The Morgan fingerprint density at radius 1 is 1.12 bits per heavy atom. The maximum atomic E-state index is 13.6. The smallest absolute Gasteiger partial charge is 0.408 e. The van der Waals surface area contributed by atoms with Crippen molar-refractivity contribution in [3.63, 3.8) is 0 Å². The average Bonchev–Trinajstić information content (AvgIpc) is 2.75. The molecule has 0 saturated carbocycles. The van der Waals surface area contributed by atoms with Gasteiger partial charge in [-0.1, -0.05) is 60.1 Å². The predicted octanol–water partition coefficient (Wildman–Crippen LogP) is 5.26. The first kappa shape index (κ1) is 26.9. The summed E-state index contributed by atoms with van der Waals surface area (Å²) in [4.78, 5) is 40.6. The van der Waals surface area contributed by atoms with E-state index in [1.165, 1.54) is 11.0 Å². The molecule has 0 spiro atoms. The first-order chi connectivity index (χ1) is 15.9. The topological polar surface area (TPSA) is 87.7 Å². The number of carbonyl (C=O) groups is 3. The number of carbonyl (C=O) groups excluding carboxylic acids is 3. The van der Waals surface area contributed by atoms with Crippen LogP contribution in [0, 0.1) is 6.92 Å². The number of benzene rings is 2. The van der Waals surface area contributed by atoms with E-state index in [-0.39, 0.29) is 6.54 Å². The zero-order chi connectivity index (χ0) is 25.5. The van der Waals surface area contributed by atoms with E-state index in [4.69, 9.17) is 16.3 Å². The number of hydrogen-bond acceptors (Lipinski definition) is 4. The van der Waals surface area contributed by atoms with Crippen LogP contribution in [0.25, 0.3) is 0 Å². The van der Waals surface area contributed by atoms with Crippen molar-refractivity contribution in [1.29, 1.82) is 0 Å². The van der Waals surface area contributed by atoms with Gasteiger partial charge in [0.05, 0.1) is 10.7 Å². The van der Waals surface area contributed by atoms with E-state index in [1.807, 2.05) is 19.1 Å². The molecular weight excluding hydrogens is 454 g/mol. The summed E-state index contributed by atoms with van der Waals surface area (Å²) in [6.45, 7) is 12.4. The van der Waals surface area contributed by atoms with Gasteiger partial charge in [-0.15, -0.1) is 6.58 Å². The Kier molecular flexibility index (Phi) is 9.27. The van der Waals surface area contributed by atoms with Crippen molar-refractivity contribution < 1.29 is 19.1 Å². The number of para-hydroxylation sites is 1. The predicted molar refractivity (Wildman–Crippen MR) is 135 cm³/mol. The number of aryl methyl sites for hydroxylation is 1. The maximum Gasteiger partial charge on any atom is 0.408 e. The van der Waals surface area contributed by atoms with E-state index in [0.717, 1.165) is 5.56 Å². The number of ether oxygens (including phenoxy) is 1. The van der Waals surface area contributed by atoms with Gasteiger partial charge in [0.1, 0.15) is 17.7 Å². The molecule has 182 valence electrons. The summed E-state index contributed by atoms with van der Waals surface area (Å²) < 4.78 is 5.26. The molecule has 3 amide bonds. The molecule has 2 aromatic rings. The van der Waals surface area contributed by atoms with Gasteiger partial charge in [-0.25, -0.2) is 4.79 Å². The highest BCUT2D eigenvalue weighted by Gasteiger charge is 2.34. The number of nitrogens with one attached hydrogen (secondary N) is 2. The second-order valence-corrected chi connectivity index (χ2v) is 9.29. The summed E-state index contributed by atoms with van der Waals surface area (Å²) in [6.07, 6.45) is 0.807. The van der Waals surface area contributed by atoms with E-state index >= 15 is 0 Å². The highest BCUT2D eigenvalue weighted by atomic mass is 35.5. The number of amides is 3. The molecule has 0 radical (unpaired) electrons. The normalized spacial score (nSPS) is 12.8. The van der Waals surface area contributed by atoms with Gasteiger partial charge in [0, 0.05) is 6.54 Å². The molecule has 2 aromatic carbocycles. The van der Waals surface area contributed by atoms with E-state index in [1.54, 1.807) is 64.1 Å². The fourth-order valence-electron chi connectivity index (χ4n) is 3.35. The van der Waals surface area contributed by atoms with Gasteiger partial charge in [-0.05, 0) is 51.8 Å². The van der Waals surface area contributed by atoms with E-state index < -0.39 is 35.6 Å². The molecule has 0 aliphatic heterocycles. The van der Waals surface area contributed by atoms with Crippen LogP contribution >= 0.6 is 11.6 Å². The maximum absolute atomic E-state index is 13.6. The van der Waals surface area contributed by atoms with Crippen LogP contribution in [0.2, 0.25) is 5.02 Å². The third-order valence-electron chi connectivity index (χ3n) is 4.86. The lowest BCUT2D eigenvalue weighted by molar-refractivity contribution is -0.139. The molecule has 2 rings (SSSR count). The Morgan fingerprint density at radius 3 is 2.32 bits per heavy atom. The number of rotatable bonds is 8. The van der Waals surface area contributed by atoms with Gasteiger partial charge in [0.2, 0.25) is 5.91 Å². The van der Waals surface area contributed by atoms with E-state index in [0.29, 0.717) is 16.3 Å². The molecule has 2 unspecified atom stereocenters. The fourth-order valence-corrected chi connectivity index (χ4v) is 3.62. The van der Waals surface area contributed by atoms with Crippen molar-refractivity contribution in [2.75, 3.05) is 11.9 Å². The molecule has 0 aliphatic rings. The number of hydrogen-bond donors (Lipinski definition) is 2. The molecule has 7 nitrogen and oxygen atoms in total. The molecule has 0 saturated heterocycles. The van der Waals surface area contributed by atoms with Crippen molar-refractivity contribution in [2.45, 2.75) is 52.3 Å². The summed E-state index contributed by atoms with van der Waals surface area (Å²) in [6, 6.07) is 12.3. The summed E-state index contributed by atoms with van der Waals surface area (Å²) in [7, 11) is 0. The monoisotopic (exact) mass is 485 g/mol. The second-order valence-electron chi connectivity index (χ2n) is 8.88. The zero-order valence-corrected chi connectivity index (χ0v) is 21.0. The molecule has 8 heteroatoms. The molecule has 0 heterocycles. The van der Waals surface area contributed by atoms with Gasteiger partial charge in [-0.2, -0.15) is 0 Å². The Labute approximate surface area is 206 Å². The Bertz CT molecular complexity index is 1010. The molecule has 2 N–H and O–H groups in total. The van der Waals surface area contributed by atoms with Gasteiger partial charge in [0.25, 0.3) is 5.91 Å². The lowest BCUT2D eigenvalue weighted by atomic mass is 10.0. The molecule has 0 aromatic heterocycles. The van der Waals surface area contributed by atoms with Crippen molar-refractivity contribution in [3.05, 3.63) is 77.3 Å². The number of anilines is 1. The van der Waals surface area contributed by atoms with E-state index in [2.05, 4.69) is 17.2 Å². The van der Waals surface area contributed by atoms with Crippen LogP contribution in [0.3, 0.4) is 0 Å². The average molecular weight is 486 g/mol. The van der Waals surface area contributed by atoms with Crippen LogP contribution in [0.1, 0.15) is 44.9 Å². The van der Waals surface area contributed by atoms with Gasteiger partial charge in [0.15, 0.2) is 0 Å². The van der Waals surface area contributed by atoms with Crippen molar-refractivity contribution in [1.82, 2.24) is 10.2 Å². The Morgan fingerprint density at radius 2 is 1.76 bits per heavy atom. The highest BCUT2D eigenvalue weighted by Crippen LogP contribution is 2.29. The molecular formula is C26H32ClN3O4. The van der Waals surface area contributed by atoms with Crippen molar-refractivity contribution >= 4 is 35.2 Å². The van der Waals surface area contributed by atoms with Crippen LogP contribution in [0.15, 0.2) is 61.2 Å². The minimum atomic E-state index is -0.995. The largest absolute Gasteiger partial charge is 0.444 e. The quantitative estimate of drug-likeness (QED) is 0.499. The molecule has 0 aliphatic carbocycles. The van der Waals surface area contributed by atoms with Crippen LogP contribution in [-0.4, -0.2) is 41.0 Å². The lowest BCUT2D eigenvalue weighted by Crippen LogP contribution is -2.51. The van der Waals surface area contributed by atoms with Crippen LogP contribution < -0.4 is 10.6 Å². The fraction of sp³-hybridized carbons (Fsp3) is 0.346. The summed E-state index contributed by atoms with van der Waals surface area (Å²) in [5, 5.41) is 5.81. The first-order valence-corrected chi connectivity index (χ1v) is 11.3. The SMILES string of the molecule is C=CCN(C(=O)C(C)NC(=O)OC(C)(C)C)C(C(=O)Nc1c(C)cccc1Cl)c1ccccc1. The third-order valence-corrected chi connectivity index (χ3v) is 5.17. The molecule has 2 atom stereocenters. The zero-order valence-electron chi connectivity index (χ0n) is 20.2. The molecule has 0 fully saturated rings. The van der Waals surface area contributed by atoms with Crippen molar-refractivity contribution in [2.24, 2.45) is 0 Å². The van der Waals surface area contributed by atoms with Gasteiger partial charge < -0.3 is 20.3 Å². The second kappa shape index (κ2) is 11.7. The van der Waals surface area contributed by atoms with Crippen LogP contribution in [0.4, 0.5) is 10.5 Å². The van der Waals surface area contributed by atoms with Crippen LogP contribution in [0.5, 0.6) is 0 Å². The minimum Gasteiger partial charge on any atom is -0.444 e. The van der Waals surface area contributed by atoms with E-state index in [9.17, 15) is 14.4 Å². The van der Waals surface area contributed by atoms with Crippen molar-refractivity contribution in [3.8, 4) is 0 Å². The number of nitrogens with zero attached hydrogens (tertiary/aromatic N) is 1.